The van der Waals surface area contributed by atoms with E-state index < -0.39 is 48.2 Å². The van der Waals surface area contributed by atoms with Crippen LogP contribution in [0.4, 0.5) is 0 Å². The summed E-state index contributed by atoms with van der Waals surface area (Å²) in [6.07, 6.45) is 2.68. The summed E-state index contributed by atoms with van der Waals surface area (Å²) in [7, 11) is 0. The van der Waals surface area contributed by atoms with E-state index in [4.69, 9.17) is 16.6 Å². The minimum Gasteiger partial charge on any atom is -0.481 e. The van der Waals surface area contributed by atoms with E-state index in [-0.39, 0.29) is 12.4 Å². The first-order chi connectivity index (χ1) is 12.1. The number of carbonyl (C=O) groups excluding carboxylic acids is 3. The Bertz CT molecular complexity index is 507. The highest BCUT2D eigenvalue weighted by Crippen LogP contribution is 2.06. The molecule has 158 valence electrons. The van der Waals surface area contributed by atoms with Crippen LogP contribution in [-0.4, -0.2) is 58.9 Å². The molecular formula is C16H31ClN4O5S. The first-order valence-electron chi connectivity index (χ1n) is 8.45. The van der Waals surface area contributed by atoms with Crippen molar-refractivity contribution < 1.29 is 24.3 Å². The van der Waals surface area contributed by atoms with Crippen molar-refractivity contribution in [3.05, 3.63) is 0 Å². The number of nitrogens with two attached hydrogens (primary N) is 2. The zero-order valence-corrected chi connectivity index (χ0v) is 17.5. The van der Waals surface area contributed by atoms with Crippen molar-refractivity contribution >= 4 is 47.9 Å². The van der Waals surface area contributed by atoms with Crippen LogP contribution in [0.1, 0.15) is 39.5 Å². The van der Waals surface area contributed by atoms with Crippen LogP contribution < -0.4 is 22.1 Å². The van der Waals surface area contributed by atoms with Crippen molar-refractivity contribution in [2.45, 2.75) is 57.7 Å². The van der Waals surface area contributed by atoms with E-state index in [1.165, 1.54) is 11.8 Å². The molecule has 0 rings (SSSR count). The zero-order chi connectivity index (χ0) is 20.3. The van der Waals surface area contributed by atoms with E-state index >= 15 is 0 Å². The summed E-state index contributed by atoms with van der Waals surface area (Å²) in [4.78, 5) is 47.1. The summed E-state index contributed by atoms with van der Waals surface area (Å²) < 4.78 is 0. The number of nitrogens with one attached hydrogen (secondary N) is 2. The fourth-order valence-electron chi connectivity index (χ4n) is 1.98. The highest BCUT2D eigenvalue weighted by Gasteiger charge is 2.28. The standard InChI is InChI=1S/C16H30N4O5S.ClH/c1-9(2)4-5-10(17)15(24)20-16(25)12(8-13(21)22)19-14(23)11(18)6-7-26-3;/h9-12H,4-8,17-18H2,1-3H3,(H,19,23)(H,21,22)(H,20,24,25);1H/t10?,11-,12-;/m0./s1. The van der Waals surface area contributed by atoms with E-state index in [0.29, 0.717) is 30.9 Å². The third kappa shape index (κ3) is 12.6. The number of halogens is 1. The second-order valence-electron chi connectivity index (χ2n) is 6.48. The number of carbonyl (C=O) groups is 4. The van der Waals surface area contributed by atoms with Crippen LogP contribution in [0.5, 0.6) is 0 Å². The highest BCUT2D eigenvalue weighted by atomic mass is 35.5. The molecule has 0 aromatic carbocycles. The Morgan fingerprint density at radius 2 is 1.52 bits per heavy atom. The van der Waals surface area contributed by atoms with Crippen molar-refractivity contribution in [3.8, 4) is 0 Å². The van der Waals surface area contributed by atoms with Gasteiger partial charge in [0.15, 0.2) is 0 Å². The van der Waals surface area contributed by atoms with Gasteiger partial charge in [-0.2, -0.15) is 11.8 Å². The normalized spacial score (nSPS) is 13.9. The summed E-state index contributed by atoms with van der Waals surface area (Å²) in [5, 5.41) is 13.3. The molecule has 0 fully saturated rings. The van der Waals surface area contributed by atoms with Gasteiger partial charge in [0.2, 0.25) is 17.7 Å². The third-order valence-corrected chi connectivity index (χ3v) is 4.26. The molecule has 11 heteroatoms. The van der Waals surface area contributed by atoms with E-state index in [2.05, 4.69) is 10.6 Å². The van der Waals surface area contributed by atoms with Gasteiger partial charge in [-0.1, -0.05) is 13.8 Å². The number of hydrogen-bond donors (Lipinski definition) is 5. The largest absolute Gasteiger partial charge is 0.481 e. The van der Waals surface area contributed by atoms with Gasteiger partial charge in [0.25, 0.3) is 0 Å². The Morgan fingerprint density at radius 3 is 2.00 bits per heavy atom. The van der Waals surface area contributed by atoms with Crippen LogP contribution in [0, 0.1) is 5.92 Å². The highest BCUT2D eigenvalue weighted by molar-refractivity contribution is 7.98. The number of carboxylic acid groups (broad SMARTS) is 1. The monoisotopic (exact) mass is 426 g/mol. The number of amides is 3. The van der Waals surface area contributed by atoms with Crippen molar-refractivity contribution in [1.82, 2.24) is 10.6 Å². The fraction of sp³-hybridized carbons (Fsp3) is 0.750. The second kappa shape index (κ2) is 14.7. The first kappa shape index (κ1) is 27.9. The SMILES string of the molecule is CSCC[C@H](N)C(=O)N[C@@H](CC(=O)O)C(=O)NC(=O)C(N)CCC(C)C.Cl. The van der Waals surface area contributed by atoms with E-state index in [1.807, 2.05) is 20.1 Å². The van der Waals surface area contributed by atoms with Crippen molar-refractivity contribution in [1.29, 1.82) is 0 Å². The number of aliphatic carboxylic acids is 1. The average molecular weight is 427 g/mol. The Hall–Kier alpha value is -1.36. The van der Waals surface area contributed by atoms with Crippen molar-refractivity contribution in [2.24, 2.45) is 17.4 Å². The molecule has 3 amide bonds. The molecule has 0 aliphatic heterocycles. The molecule has 9 nitrogen and oxygen atoms in total. The fourth-order valence-corrected chi connectivity index (χ4v) is 2.47. The van der Waals surface area contributed by atoms with Gasteiger partial charge in [-0.15, -0.1) is 12.4 Å². The van der Waals surface area contributed by atoms with Crippen LogP contribution in [-0.2, 0) is 19.2 Å². The summed E-state index contributed by atoms with van der Waals surface area (Å²) in [6, 6.07) is -3.15. The molecule has 0 aliphatic carbocycles. The van der Waals surface area contributed by atoms with Gasteiger partial charge < -0.3 is 21.9 Å². The number of hydrogen-bond acceptors (Lipinski definition) is 7. The maximum Gasteiger partial charge on any atom is 0.305 e. The molecule has 0 saturated carbocycles. The van der Waals surface area contributed by atoms with Gasteiger partial charge in [0.05, 0.1) is 18.5 Å². The molecule has 0 bridgehead atoms. The molecule has 0 saturated heterocycles. The Labute approximate surface area is 170 Å². The summed E-state index contributed by atoms with van der Waals surface area (Å²) >= 11 is 1.51. The molecule has 0 aliphatic rings. The number of rotatable bonds is 12. The molecule has 0 radical (unpaired) electrons. The quantitative estimate of drug-likeness (QED) is 0.287. The zero-order valence-electron chi connectivity index (χ0n) is 15.9. The lowest BCUT2D eigenvalue weighted by molar-refractivity contribution is -0.142. The van der Waals surface area contributed by atoms with Gasteiger partial charge in [0, 0.05) is 0 Å². The number of carboxylic acids is 1. The predicted octanol–water partition coefficient (Wildman–Crippen LogP) is -0.146. The third-order valence-electron chi connectivity index (χ3n) is 3.62. The first-order valence-corrected chi connectivity index (χ1v) is 9.84. The number of imide groups is 1. The van der Waals surface area contributed by atoms with E-state index in [1.54, 1.807) is 0 Å². The van der Waals surface area contributed by atoms with Gasteiger partial charge in [-0.25, -0.2) is 0 Å². The number of thioether (sulfide) groups is 1. The Kier molecular flexibility index (Phi) is 15.1. The molecule has 1 unspecified atom stereocenters. The summed E-state index contributed by atoms with van der Waals surface area (Å²) in [6.45, 7) is 3.96. The van der Waals surface area contributed by atoms with Crippen molar-refractivity contribution in [2.75, 3.05) is 12.0 Å². The van der Waals surface area contributed by atoms with Crippen molar-refractivity contribution in [3.63, 3.8) is 0 Å². The van der Waals surface area contributed by atoms with Crippen LogP contribution in [0.25, 0.3) is 0 Å². The molecule has 0 aromatic rings. The van der Waals surface area contributed by atoms with Crippen LogP contribution >= 0.6 is 24.2 Å². The van der Waals surface area contributed by atoms with Crippen LogP contribution in [0.15, 0.2) is 0 Å². The molecule has 27 heavy (non-hydrogen) atoms. The summed E-state index contributed by atoms with van der Waals surface area (Å²) in [5.74, 6) is -2.55. The maximum atomic E-state index is 12.2. The molecule has 0 spiro atoms. The molecular weight excluding hydrogens is 396 g/mol. The Balaban J connectivity index is 0. The van der Waals surface area contributed by atoms with Crippen LogP contribution in [0.2, 0.25) is 0 Å². The van der Waals surface area contributed by atoms with Gasteiger partial charge in [0.1, 0.15) is 6.04 Å². The topological polar surface area (TPSA) is 165 Å². The summed E-state index contributed by atoms with van der Waals surface area (Å²) in [5.41, 5.74) is 11.4. The predicted molar refractivity (Wildman–Crippen MR) is 108 cm³/mol. The van der Waals surface area contributed by atoms with E-state index in [0.717, 1.165) is 0 Å². The average Bonchev–Trinajstić information content (AvgIpc) is 2.55. The molecule has 0 heterocycles. The molecule has 7 N–H and O–H groups in total. The lowest BCUT2D eigenvalue weighted by atomic mass is 10.0. The second-order valence-corrected chi connectivity index (χ2v) is 7.46. The van der Waals surface area contributed by atoms with Gasteiger partial charge >= 0.3 is 5.97 Å². The van der Waals surface area contributed by atoms with E-state index in [9.17, 15) is 19.2 Å². The van der Waals surface area contributed by atoms with Crippen LogP contribution in [0.3, 0.4) is 0 Å². The minimum absolute atomic E-state index is 0. The van der Waals surface area contributed by atoms with Gasteiger partial charge in [-0.05, 0) is 37.2 Å². The lowest BCUT2D eigenvalue weighted by Gasteiger charge is -2.20. The minimum atomic E-state index is -1.40. The molecule has 3 atom stereocenters. The maximum absolute atomic E-state index is 12.2. The molecule has 0 aromatic heterocycles. The van der Waals surface area contributed by atoms with Gasteiger partial charge in [-0.3, -0.25) is 24.5 Å². The Morgan fingerprint density at radius 1 is 0.963 bits per heavy atom. The smallest absolute Gasteiger partial charge is 0.305 e. The lowest BCUT2D eigenvalue weighted by Crippen LogP contribution is -2.55.